The van der Waals surface area contributed by atoms with Gasteiger partial charge >= 0.3 is 0 Å². The molecule has 0 spiro atoms. The molecule has 0 saturated carbocycles. The van der Waals surface area contributed by atoms with Crippen molar-refractivity contribution in [3.05, 3.63) is 51.7 Å². The molecule has 0 bridgehead atoms. The summed E-state index contributed by atoms with van der Waals surface area (Å²) < 4.78 is 27.3. The van der Waals surface area contributed by atoms with Crippen LogP contribution in [0.25, 0.3) is 0 Å². The van der Waals surface area contributed by atoms with Gasteiger partial charge in [-0.05, 0) is 59.5 Å². The largest absolute Gasteiger partial charge is 0.340 e. The summed E-state index contributed by atoms with van der Waals surface area (Å²) in [6.45, 7) is 6.72. The highest BCUT2D eigenvalue weighted by atomic mass is 32.2. The molecule has 28 heavy (non-hydrogen) atoms. The van der Waals surface area contributed by atoms with Crippen LogP contribution in [0.3, 0.4) is 0 Å². The van der Waals surface area contributed by atoms with Gasteiger partial charge in [-0.2, -0.15) is 15.6 Å². The SMILES string of the molecule is Cc1ccc(S(=O)(=O)N2CCN(CC(=O)N(C)Cc3ccsc3)CC2)cc1C. The maximum absolute atomic E-state index is 12.9. The fourth-order valence-corrected chi connectivity index (χ4v) is 5.38. The van der Waals surface area contributed by atoms with Crippen LogP contribution >= 0.6 is 11.3 Å². The fraction of sp³-hybridized carbons (Fsp3) is 0.450. The van der Waals surface area contributed by atoms with E-state index < -0.39 is 10.0 Å². The number of nitrogens with zero attached hydrogens (tertiary/aromatic N) is 3. The fourth-order valence-electron chi connectivity index (χ4n) is 3.21. The molecule has 6 nitrogen and oxygen atoms in total. The smallest absolute Gasteiger partial charge is 0.243 e. The zero-order chi connectivity index (χ0) is 20.3. The number of piperazine rings is 1. The number of hydrogen-bond donors (Lipinski definition) is 0. The molecule has 1 amide bonds. The van der Waals surface area contributed by atoms with Crippen molar-refractivity contribution in [1.82, 2.24) is 14.1 Å². The average Bonchev–Trinajstić information content (AvgIpc) is 3.17. The molecule has 1 saturated heterocycles. The maximum Gasteiger partial charge on any atom is 0.243 e. The second kappa shape index (κ2) is 8.73. The normalized spacial score (nSPS) is 16.2. The van der Waals surface area contributed by atoms with Gasteiger partial charge in [0.05, 0.1) is 11.4 Å². The Kier molecular flexibility index (Phi) is 6.54. The Morgan fingerprint density at radius 1 is 1.11 bits per heavy atom. The summed E-state index contributed by atoms with van der Waals surface area (Å²) in [5, 5.41) is 4.04. The molecular weight excluding hydrogens is 394 g/mol. The van der Waals surface area contributed by atoms with Crippen LogP contribution in [0.2, 0.25) is 0 Å². The second-order valence-electron chi connectivity index (χ2n) is 7.31. The predicted octanol–water partition coefficient (Wildman–Crippen LogP) is 2.33. The van der Waals surface area contributed by atoms with Crippen molar-refractivity contribution in [1.29, 1.82) is 0 Å². The van der Waals surface area contributed by atoms with E-state index in [2.05, 4.69) is 0 Å². The Bertz CT molecular complexity index is 918. The van der Waals surface area contributed by atoms with Gasteiger partial charge in [0.25, 0.3) is 0 Å². The first-order valence-corrected chi connectivity index (χ1v) is 11.7. The van der Waals surface area contributed by atoms with Crippen LogP contribution in [0, 0.1) is 13.8 Å². The first-order valence-electron chi connectivity index (χ1n) is 9.32. The van der Waals surface area contributed by atoms with E-state index in [1.807, 2.05) is 41.6 Å². The lowest BCUT2D eigenvalue weighted by atomic mass is 10.1. The molecular formula is C20H27N3O3S2. The Hall–Kier alpha value is -1.74. The van der Waals surface area contributed by atoms with Crippen LogP contribution in [0.5, 0.6) is 0 Å². The monoisotopic (exact) mass is 421 g/mol. The highest BCUT2D eigenvalue weighted by Crippen LogP contribution is 2.20. The van der Waals surface area contributed by atoms with Crippen molar-refractivity contribution in [2.24, 2.45) is 0 Å². The van der Waals surface area contributed by atoms with Crippen molar-refractivity contribution >= 4 is 27.3 Å². The highest BCUT2D eigenvalue weighted by Gasteiger charge is 2.29. The Morgan fingerprint density at radius 2 is 1.82 bits per heavy atom. The van der Waals surface area contributed by atoms with E-state index in [1.165, 1.54) is 4.31 Å². The lowest BCUT2D eigenvalue weighted by Gasteiger charge is -2.34. The molecule has 8 heteroatoms. The number of hydrogen-bond acceptors (Lipinski definition) is 5. The summed E-state index contributed by atoms with van der Waals surface area (Å²) in [4.78, 5) is 16.6. The Morgan fingerprint density at radius 3 is 2.43 bits per heavy atom. The molecule has 0 atom stereocenters. The van der Waals surface area contributed by atoms with Crippen LogP contribution < -0.4 is 0 Å². The van der Waals surface area contributed by atoms with Gasteiger partial charge < -0.3 is 4.90 Å². The minimum atomic E-state index is -3.49. The number of likely N-dealkylation sites (N-methyl/N-ethyl adjacent to an activating group) is 1. The summed E-state index contributed by atoms with van der Waals surface area (Å²) in [5.74, 6) is 0.0525. The standard InChI is InChI=1S/C20H27N3O3S2/c1-16-4-5-19(12-17(16)2)28(25,26)23-9-7-22(8-10-23)14-20(24)21(3)13-18-6-11-27-15-18/h4-6,11-12,15H,7-10,13-14H2,1-3H3. The van der Waals surface area contributed by atoms with Gasteiger partial charge in [0.2, 0.25) is 15.9 Å². The van der Waals surface area contributed by atoms with Crippen LogP contribution in [-0.2, 0) is 21.4 Å². The van der Waals surface area contributed by atoms with Crippen LogP contribution in [0.15, 0.2) is 39.9 Å². The molecule has 2 heterocycles. The van der Waals surface area contributed by atoms with Crippen molar-refractivity contribution in [2.75, 3.05) is 39.8 Å². The highest BCUT2D eigenvalue weighted by molar-refractivity contribution is 7.89. The molecule has 3 rings (SSSR count). The molecule has 1 aliphatic heterocycles. The van der Waals surface area contributed by atoms with E-state index in [1.54, 1.807) is 35.4 Å². The summed E-state index contributed by atoms with van der Waals surface area (Å²) >= 11 is 1.62. The summed E-state index contributed by atoms with van der Waals surface area (Å²) in [7, 11) is -1.69. The van der Waals surface area contributed by atoms with Gasteiger partial charge in [-0.3, -0.25) is 9.69 Å². The van der Waals surface area contributed by atoms with Crippen LogP contribution in [0.1, 0.15) is 16.7 Å². The van der Waals surface area contributed by atoms with Gasteiger partial charge in [-0.1, -0.05) is 6.07 Å². The quantitative estimate of drug-likeness (QED) is 0.718. The third-order valence-electron chi connectivity index (χ3n) is 5.23. The second-order valence-corrected chi connectivity index (χ2v) is 10.0. The number of benzene rings is 1. The van der Waals surface area contributed by atoms with Crippen molar-refractivity contribution in [3.63, 3.8) is 0 Å². The topological polar surface area (TPSA) is 60.9 Å². The molecule has 2 aromatic rings. The van der Waals surface area contributed by atoms with Gasteiger partial charge in [0.15, 0.2) is 0 Å². The molecule has 0 aliphatic carbocycles. The molecule has 1 fully saturated rings. The van der Waals surface area contributed by atoms with E-state index >= 15 is 0 Å². The number of thiophene rings is 1. The zero-order valence-corrected chi connectivity index (χ0v) is 18.2. The molecule has 0 radical (unpaired) electrons. The summed E-state index contributed by atoms with van der Waals surface area (Å²) in [6.07, 6.45) is 0. The van der Waals surface area contributed by atoms with E-state index in [-0.39, 0.29) is 5.91 Å². The van der Waals surface area contributed by atoms with Gasteiger partial charge in [-0.25, -0.2) is 8.42 Å². The zero-order valence-electron chi connectivity index (χ0n) is 16.6. The van der Waals surface area contributed by atoms with Crippen molar-refractivity contribution < 1.29 is 13.2 Å². The molecule has 0 unspecified atom stereocenters. The van der Waals surface area contributed by atoms with E-state index in [4.69, 9.17) is 0 Å². The Balaban J connectivity index is 1.55. The molecule has 0 N–H and O–H groups in total. The third kappa shape index (κ3) is 4.81. The predicted molar refractivity (Wildman–Crippen MR) is 112 cm³/mol. The van der Waals surface area contributed by atoms with E-state index in [0.29, 0.717) is 44.2 Å². The van der Waals surface area contributed by atoms with Crippen LogP contribution in [-0.4, -0.2) is 68.2 Å². The van der Waals surface area contributed by atoms with E-state index in [9.17, 15) is 13.2 Å². The minimum absolute atomic E-state index is 0.0525. The number of carbonyl (C=O) groups excluding carboxylic acids is 1. The average molecular weight is 422 g/mol. The van der Waals surface area contributed by atoms with Crippen LogP contribution in [0.4, 0.5) is 0 Å². The maximum atomic E-state index is 12.9. The lowest BCUT2D eigenvalue weighted by molar-refractivity contribution is -0.131. The minimum Gasteiger partial charge on any atom is -0.340 e. The number of aryl methyl sites for hydroxylation is 2. The van der Waals surface area contributed by atoms with Gasteiger partial charge in [0.1, 0.15) is 0 Å². The molecule has 1 aromatic carbocycles. The number of amides is 1. The number of rotatable bonds is 6. The number of sulfonamides is 1. The summed E-state index contributed by atoms with van der Waals surface area (Å²) in [5.41, 5.74) is 3.18. The Labute approximate surface area is 171 Å². The number of carbonyl (C=O) groups is 1. The molecule has 1 aliphatic rings. The van der Waals surface area contributed by atoms with E-state index in [0.717, 1.165) is 16.7 Å². The first-order chi connectivity index (χ1) is 13.3. The lowest BCUT2D eigenvalue weighted by Crippen LogP contribution is -2.51. The van der Waals surface area contributed by atoms with Gasteiger partial charge in [-0.15, -0.1) is 0 Å². The first kappa shape index (κ1) is 21.0. The van der Waals surface area contributed by atoms with Gasteiger partial charge in [0, 0.05) is 39.8 Å². The molecule has 152 valence electrons. The molecule has 1 aromatic heterocycles. The van der Waals surface area contributed by atoms with Crippen molar-refractivity contribution in [2.45, 2.75) is 25.3 Å². The third-order valence-corrected chi connectivity index (χ3v) is 7.86. The van der Waals surface area contributed by atoms with Crippen molar-refractivity contribution in [3.8, 4) is 0 Å². The summed E-state index contributed by atoms with van der Waals surface area (Å²) in [6, 6.07) is 7.28.